The van der Waals surface area contributed by atoms with Crippen LogP contribution in [-0.4, -0.2) is 73.4 Å². The first-order valence-corrected chi connectivity index (χ1v) is 33.2. The Balaban J connectivity index is 4.24. The van der Waals surface area contributed by atoms with Crippen molar-refractivity contribution in [3.63, 3.8) is 0 Å². The van der Waals surface area contributed by atoms with Crippen molar-refractivity contribution in [3.05, 3.63) is 109 Å². The highest BCUT2D eigenvalue weighted by molar-refractivity contribution is 7.47. The third kappa shape index (κ3) is 60.6. The van der Waals surface area contributed by atoms with Gasteiger partial charge in [0.1, 0.15) is 13.2 Å². The quantitative estimate of drug-likeness (QED) is 0.0243. The van der Waals surface area contributed by atoms with Gasteiger partial charge in [0.25, 0.3) is 0 Å². The van der Waals surface area contributed by atoms with E-state index in [1.807, 2.05) is 21.1 Å². The fourth-order valence-corrected chi connectivity index (χ4v) is 9.60. The van der Waals surface area contributed by atoms with Crippen LogP contribution in [0.25, 0.3) is 0 Å². The fraction of sp³-hybridized carbons (Fsp3) is 0.721. The molecule has 9 heteroatoms. The minimum atomic E-state index is -4.35. The van der Waals surface area contributed by atoms with E-state index in [0.29, 0.717) is 23.9 Å². The Morgan fingerprint density at radius 1 is 0.455 bits per heavy atom. The molecule has 0 aromatic heterocycles. The number of hydrogen-bond donors (Lipinski definition) is 3. The second-order valence-electron chi connectivity index (χ2n) is 22.4. The largest absolute Gasteiger partial charge is 0.472 e. The van der Waals surface area contributed by atoms with E-state index in [0.717, 1.165) is 103 Å². The number of allylic oxidation sites excluding steroid dienone is 18. The second-order valence-corrected chi connectivity index (χ2v) is 23.9. The van der Waals surface area contributed by atoms with Gasteiger partial charge in [0, 0.05) is 6.42 Å². The number of amides is 1. The number of rotatable bonds is 57. The standard InChI is InChI=1S/C68H121N2O6P/c1-6-8-10-12-14-16-18-20-22-24-26-28-30-32-33-34-35-36-37-38-40-42-44-46-48-50-52-54-56-58-60-62-68(72)69-66(65-76-77(73,74)75-64-63-70(3,4)5)67(71)61-59-57-55-53-51-49-47-45-43-41-39-31-29-27-25-23-21-19-17-15-13-11-9-7-2/h8,10,14,16,20,22,26,28,32-33,35-36,38,40,44,46,50,52,66-67,71H,6-7,9,11-13,15,17-19,21,23-25,27,29-31,34,37,39,41-43,45,47-49,51,53-65H2,1-5H3,(H-,69,72,73,74)/p+1/b10-8-,16-14-,22-20-,28-26-,33-32-,36-35-,40-38-,46-44-,52-50-. The van der Waals surface area contributed by atoms with Gasteiger partial charge in [-0.3, -0.25) is 13.8 Å². The number of aliphatic hydroxyl groups excluding tert-OH is 1. The minimum Gasteiger partial charge on any atom is -0.391 e. The number of nitrogens with one attached hydrogen (secondary N) is 1. The monoisotopic (exact) mass is 1090 g/mol. The summed E-state index contributed by atoms with van der Waals surface area (Å²) in [5.74, 6) is -0.178. The lowest BCUT2D eigenvalue weighted by Gasteiger charge is -2.26. The molecule has 0 aromatic carbocycles. The van der Waals surface area contributed by atoms with Crippen LogP contribution in [0.15, 0.2) is 109 Å². The van der Waals surface area contributed by atoms with Crippen LogP contribution in [0.4, 0.5) is 0 Å². The van der Waals surface area contributed by atoms with Gasteiger partial charge in [0.15, 0.2) is 0 Å². The predicted octanol–water partition coefficient (Wildman–Crippen LogP) is 19.9. The molecule has 3 atom stereocenters. The van der Waals surface area contributed by atoms with E-state index in [-0.39, 0.29) is 19.1 Å². The van der Waals surface area contributed by atoms with Crippen molar-refractivity contribution in [2.45, 2.75) is 276 Å². The summed E-state index contributed by atoms with van der Waals surface area (Å²) in [4.78, 5) is 23.4. The normalized spacial score (nSPS) is 14.5. The molecule has 0 saturated heterocycles. The molecule has 8 nitrogen and oxygen atoms in total. The Morgan fingerprint density at radius 3 is 1.13 bits per heavy atom. The molecule has 0 radical (unpaired) electrons. The zero-order valence-electron chi connectivity index (χ0n) is 50.7. The Labute approximate surface area is 476 Å². The number of carbonyl (C=O) groups excluding carboxylic acids is 1. The molecule has 0 heterocycles. The van der Waals surface area contributed by atoms with Gasteiger partial charge in [-0.05, 0) is 83.5 Å². The molecule has 0 spiro atoms. The molecule has 77 heavy (non-hydrogen) atoms. The lowest BCUT2D eigenvalue weighted by Crippen LogP contribution is -2.46. The van der Waals surface area contributed by atoms with Gasteiger partial charge < -0.3 is 19.8 Å². The number of phosphoric acid groups is 1. The molecule has 0 saturated carbocycles. The van der Waals surface area contributed by atoms with Crippen molar-refractivity contribution in [2.24, 2.45) is 0 Å². The van der Waals surface area contributed by atoms with E-state index in [2.05, 4.69) is 129 Å². The van der Waals surface area contributed by atoms with Gasteiger partial charge in [-0.15, -0.1) is 0 Å². The lowest BCUT2D eigenvalue weighted by molar-refractivity contribution is -0.870. The van der Waals surface area contributed by atoms with Crippen LogP contribution in [0, 0.1) is 0 Å². The van der Waals surface area contributed by atoms with E-state index < -0.39 is 20.0 Å². The molecule has 0 aromatic rings. The Bertz CT molecular complexity index is 1620. The third-order valence-corrected chi connectivity index (χ3v) is 14.8. The Kier molecular flexibility index (Phi) is 55.7. The van der Waals surface area contributed by atoms with Crippen LogP contribution in [0.1, 0.15) is 264 Å². The molecular formula is C68H122N2O6P+. The van der Waals surface area contributed by atoms with Crippen LogP contribution < -0.4 is 5.32 Å². The number of carbonyl (C=O) groups is 1. The first kappa shape index (κ1) is 74.2. The maximum atomic E-state index is 13.0. The third-order valence-electron chi connectivity index (χ3n) is 13.8. The number of quaternary nitrogens is 1. The van der Waals surface area contributed by atoms with Crippen LogP contribution in [-0.2, 0) is 18.4 Å². The van der Waals surface area contributed by atoms with Crippen LogP contribution in [0.2, 0.25) is 0 Å². The summed E-state index contributed by atoms with van der Waals surface area (Å²) in [6, 6.07) is -0.788. The summed E-state index contributed by atoms with van der Waals surface area (Å²) < 4.78 is 23.8. The van der Waals surface area contributed by atoms with E-state index in [1.165, 1.54) is 135 Å². The zero-order valence-corrected chi connectivity index (χ0v) is 51.6. The first-order valence-electron chi connectivity index (χ1n) is 31.8. The summed E-state index contributed by atoms with van der Waals surface area (Å²) in [6.45, 7) is 4.76. The van der Waals surface area contributed by atoms with Crippen LogP contribution in [0.5, 0.6) is 0 Å². The number of unbranched alkanes of at least 4 members (excludes halogenated alkanes) is 26. The molecule has 0 bridgehead atoms. The predicted molar refractivity (Wildman–Crippen MR) is 336 cm³/mol. The summed E-state index contributed by atoms with van der Waals surface area (Å²) >= 11 is 0. The smallest absolute Gasteiger partial charge is 0.391 e. The fourth-order valence-electron chi connectivity index (χ4n) is 8.86. The van der Waals surface area contributed by atoms with Crippen molar-refractivity contribution >= 4 is 13.7 Å². The first-order chi connectivity index (χ1) is 37.5. The molecule has 3 N–H and O–H groups in total. The summed E-state index contributed by atoms with van der Waals surface area (Å²) in [5.41, 5.74) is 0. The average molecular weight is 1090 g/mol. The molecule has 0 aliphatic heterocycles. The molecular weight excluding hydrogens is 972 g/mol. The Hall–Kier alpha value is -2.84. The van der Waals surface area contributed by atoms with Gasteiger partial charge in [-0.25, -0.2) is 4.57 Å². The number of nitrogens with zero attached hydrogens (tertiary/aromatic N) is 1. The van der Waals surface area contributed by atoms with E-state index in [4.69, 9.17) is 9.05 Å². The molecule has 0 fully saturated rings. The summed E-state index contributed by atoms with van der Waals surface area (Å²) in [6.07, 6.45) is 84.5. The molecule has 0 aliphatic rings. The Morgan fingerprint density at radius 2 is 0.779 bits per heavy atom. The van der Waals surface area contributed by atoms with Crippen molar-refractivity contribution in [1.29, 1.82) is 0 Å². The van der Waals surface area contributed by atoms with Crippen LogP contribution in [0.3, 0.4) is 0 Å². The highest BCUT2D eigenvalue weighted by atomic mass is 31.2. The summed E-state index contributed by atoms with van der Waals surface area (Å²) in [5, 5.41) is 14.1. The van der Waals surface area contributed by atoms with Gasteiger partial charge in [0.05, 0.1) is 39.9 Å². The molecule has 1 amide bonds. The summed E-state index contributed by atoms with van der Waals surface area (Å²) in [7, 11) is 1.58. The van der Waals surface area contributed by atoms with Crippen molar-refractivity contribution in [3.8, 4) is 0 Å². The average Bonchev–Trinajstić information content (AvgIpc) is 3.39. The lowest BCUT2D eigenvalue weighted by atomic mass is 10.0. The van der Waals surface area contributed by atoms with Gasteiger partial charge in [-0.2, -0.15) is 0 Å². The number of hydrogen-bond acceptors (Lipinski definition) is 5. The maximum Gasteiger partial charge on any atom is 0.472 e. The molecule has 444 valence electrons. The van der Waals surface area contributed by atoms with Gasteiger partial charge in [-0.1, -0.05) is 284 Å². The number of likely N-dealkylation sites (N-methyl/N-ethyl adjacent to an activating group) is 1. The molecule has 0 rings (SSSR count). The van der Waals surface area contributed by atoms with Crippen molar-refractivity contribution < 1.29 is 32.9 Å². The van der Waals surface area contributed by atoms with Crippen molar-refractivity contribution in [1.82, 2.24) is 5.32 Å². The number of phosphoric ester groups is 1. The molecule has 0 aliphatic carbocycles. The maximum absolute atomic E-state index is 13.0. The second kappa shape index (κ2) is 57.8. The molecule has 3 unspecified atom stereocenters. The van der Waals surface area contributed by atoms with E-state index in [1.54, 1.807) is 0 Å². The SMILES string of the molecule is CC/C=C\C/C=C\C/C=C\C/C=C\C/C=C\C/C=C\C/C=C\C/C=C\C/C=C\CCCCCC(=O)NC(COP(=O)(O)OCC[N+](C)(C)C)C(O)CCCCCCCCCCCCCCCCCCCCCCCCCC. The number of aliphatic hydroxyl groups is 1. The zero-order chi connectivity index (χ0) is 56.3. The topological polar surface area (TPSA) is 105 Å². The van der Waals surface area contributed by atoms with E-state index >= 15 is 0 Å². The minimum absolute atomic E-state index is 0.0622. The van der Waals surface area contributed by atoms with Gasteiger partial charge >= 0.3 is 7.82 Å². The van der Waals surface area contributed by atoms with E-state index in [9.17, 15) is 19.4 Å². The van der Waals surface area contributed by atoms with Gasteiger partial charge in [0.2, 0.25) is 5.91 Å². The highest BCUT2D eigenvalue weighted by Crippen LogP contribution is 2.43. The highest BCUT2D eigenvalue weighted by Gasteiger charge is 2.28. The van der Waals surface area contributed by atoms with Crippen LogP contribution >= 0.6 is 7.82 Å². The van der Waals surface area contributed by atoms with Crippen molar-refractivity contribution in [2.75, 3.05) is 40.9 Å².